The molecule has 1 saturated heterocycles. The molecule has 22 heavy (non-hydrogen) atoms. The second-order valence-corrected chi connectivity index (χ2v) is 7.91. The van der Waals surface area contributed by atoms with E-state index in [9.17, 15) is 4.79 Å². The van der Waals surface area contributed by atoms with Crippen molar-refractivity contribution in [3.63, 3.8) is 0 Å². The van der Waals surface area contributed by atoms with Crippen LogP contribution in [0.2, 0.25) is 0 Å². The van der Waals surface area contributed by atoms with Crippen molar-refractivity contribution in [2.24, 2.45) is 0 Å². The molecule has 1 aliphatic heterocycles. The average molecular weight is 416 g/mol. The highest BCUT2D eigenvalue weighted by molar-refractivity contribution is 14.1. The lowest BCUT2D eigenvalue weighted by molar-refractivity contribution is -0.0948. The van der Waals surface area contributed by atoms with E-state index in [0.29, 0.717) is 12.1 Å². The monoisotopic (exact) mass is 416 g/mol. The maximum atomic E-state index is 12.3. The Hall–Kier alpha value is -0.660. The summed E-state index contributed by atoms with van der Waals surface area (Å²) in [7, 11) is 0. The van der Waals surface area contributed by atoms with Crippen LogP contribution in [0.25, 0.3) is 0 Å². The number of hydrogen-bond donors (Lipinski definition) is 1. The Morgan fingerprint density at radius 3 is 2.59 bits per heavy atom. The minimum absolute atomic E-state index is 0.0130. The normalized spacial score (nSPS) is 23.3. The van der Waals surface area contributed by atoms with E-state index in [-0.39, 0.29) is 23.7 Å². The van der Waals surface area contributed by atoms with Crippen molar-refractivity contribution in [3.05, 3.63) is 33.4 Å². The van der Waals surface area contributed by atoms with Gasteiger partial charge in [0.15, 0.2) is 0 Å². The van der Waals surface area contributed by atoms with Crippen LogP contribution in [-0.2, 0) is 4.74 Å². The molecule has 0 saturated carbocycles. The first-order valence-corrected chi connectivity index (χ1v) is 8.80. The quantitative estimate of drug-likeness (QED) is 0.768. The Morgan fingerprint density at radius 1 is 1.36 bits per heavy atom. The molecule has 1 amide bonds. The molecule has 2 rings (SSSR count). The minimum atomic E-state index is -0.0934. The van der Waals surface area contributed by atoms with Gasteiger partial charge in [0.1, 0.15) is 0 Å². The van der Waals surface area contributed by atoms with Crippen LogP contribution in [0.1, 0.15) is 38.1 Å². The highest BCUT2D eigenvalue weighted by atomic mass is 127. The molecule has 0 spiro atoms. The lowest BCUT2D eigenvalue weighted by Gasteiger charge is -2.45. The van der Waals surface area contributed by atoms with Crippen LogP contribution < -0.4 is 5.32 Å². The highest BCUT2D eigenvalue weighted by Crippen LogP contribution is 2.20. The fraction of sp³-hybridized carbons (Fsp3) is 0.588. The van der Waals surface area contributed by atoms with Crippen molar-refractivity contribution >= 4 is 28.5 Å². The first-order chi connectivity index (χ1) is 10.3. The van der Waals surface area contributed by atoms with E-state index >= 15 is 0 Å². The highest BCUT2D eigenvalue weighted by Gasteiger charge is 2.33. The summed E-state index contributed by atoms with van der Waals surface area (Å²) in [5, 5.41) is 3.07. The fourth-order valence-electron chi connectivity index (χ4n) is 2.81. The average Bonchev–Trinajstić information content (AvgIpc) is 2.44. The summed E-state index contributed by atoms with van der Waals surface area (Å²) in [6.45, 7) is 11.0. The molecule has 5 heteroatoms. The Labute approximate surface area is 146 Å². The van der Waals surface area contributed by atoms with Crippen LogP contribution in [-0.4, -0.2) is 48.2 Å². The molecule has 0 bridgehead atoms. The number of morpholine rings is 1. The maximum Gasteiger partial charge on any atom is 0.251 e. The zero-order valence-electron chi connectivity index (χ0n) is 13.7. The van der Waals surface area contributed by atoms with Gasteiger partial charge in [-0.1, -0.05) is 6.07 Å². The van der Waals surface area contributed by atoms with Crippen molar-refractivity contribution in [2.75, 3.05) is 19.6 Å². The fourth-order valence-corrected chi connectivity index (χ4v) is 3.36. The Morgan fingerprint density at radius 2 is 2.00 bits per heavy atom. The molecule has 1 heterocycles. The standard InChI is InChI=1S/C17H25IN2O2/c1-12-9-20(10-13(2)22-12)17(3,4)11-19-16(21)14-6-5-7-15(18)8-14/h5-8,12-13H,9-11H2,1-4H3,(H,19,21). The topological polar surface area (TPSA) is 41.6 Å². The Kier molecular flexibility index (Phi) is 5.85. The SMILES string of the molecule is CC1CN(C(C)(C)CNC(=O)c2cccc(I)c2)CC(C)O1. The van der Waals surface area contributed by atoms with Crippen LogP contribution in [0, 0.1) is 3.57 Å². The van der Waals surface area contributed by atoms with Crippen LogP contribution >= 0.6 is 22.6 Å². The van der Waals surface area contributed by atoms with E-state index in [1.807, 2.05) is 24.3 Å². The molecule has 1 aromatic carbocycles. The number of hydrogen-bond acceptors (Lipinski definition) is 3. The largest absolute Gasteiger partial charge is 0.373 e. The van der Waals surface area contributed by atoms with E-state index in [0.717, 1.165) is 16.7 Å². The van der Waals surface area contributed by atoms with Crippen LogP contribution in [0.4, 0.5) is 0 Å². The number of ether oxygens (including phenoxy) is 1. The molecule has 1 aromatic rings. The minimum Gasteiger partial charge on any atom is -0.373 e. The van der Waals surface area contributed by atoms with Crippen LogP contribution in [0.3, 0.4) is 0 Å². The smallest absolute Gasteiger partial charge is 0.251 e. The summed E-state index contributed by atoms with van der Waals surface area (Å²) >= 11 is 2.22. The molecule has 2 unspecified atom stereocenters. The summed E-state index contributed by atoms with van der Waals surface area (Å²) in [6.07, 6.45) is 0.462. The summed E-state index contributed by atoms with van der Waals surface area (Å²) in [5.74, 6) is -0.0130. The van der Waals surface area contributed by atoms with Crippen molar-refractivity contribution in [1.82, 2.24) is 10.2 Å². The van der Waals surface area contributed by atoms with Crippen molar-refractivity contribution in [1.29, 1.82) is 0 Å². The number of rotatable bonds is 4. The molecule has 1 N–H and O–H groups in total. The number of amides is 1. The molecule has 122 valence electrons. The first-order valence-electron chi connectivity index (χ1n) is 7.72. The van der Waals surface area contributed by atoms with Gasteiger partial charge in [-0.2, -0.15) is 0 Å². The van der Waals surface area contributed by atoms with E-state index in [2.05, 4.69) is 60.5 Å². The third-order valence-electron chi connectivity index (χ3n) is 4.04. The number of nitrogens with one attached hydrogen (secondary N) is 1. The summed E-state index contributed by atoms with van der Waals surface area (Å²) in [6, 6.07) is 7.65. The molecule has 2 atom stereocenters. The molecular weight excluding hydrogens is 391 g/mol. The molecule has 0 aliphatic carbocycles. The number of benzene rings is 1. The molecule has 4 nitrogen and oxygen atoms in total. The van der Waals surface area contributed by atoms with Gasteiger partial charge in [-0.05, 0) is 68.5 Å². The van der Waals surface area contributed by atoms with Gasteiger partial charge in [-0.15, -0.1) is 0 Å². The molecule has 0 radical (unpaired) electrons. The van der Waals surface area contributed by atoms with Gasteiger partial charge >= 0.3 is 0 Å². The zero-order chi connectivity index (χ0) is 16.3. The van der Waals surface area contributed by atoms with E-state index < -0.39 is 0 Å². The van der Waals surface area contributed by atoms with Crippen LogP contribution in [0.5, 0.6) is 0 Å². The molecule has 1 aliphatic rings. The van der Waals surface area contributed by atoms with Crippen molar-refractivity contribution in [2.45, 2.75) is 45.4 Å². The summed E-state index contributed by atoms with van der Waals surface area (Å²) in [4.78, 5) is 14.7. The van der Waals surface area contributed by atoms with Gasteiger partial charge in [-0.3, -0.25) is 9.69 Å². The Bertz CT molecular complexity index is 523. The van der Waals surface area contributed by atoms with Gasteiger partial charge in [0.05, 0.1) is 12.2 Å². The Balaban J connectivity index is 1.95. The predicted octanol–water partition coefficient (Wildman–Crippen LogP) is 2.91. The lowest BCUT2D eigenvalue weighted by atomic mass is 10.00. The lowest BCUT2D eigenvalue weighted by Crippen LogP contribution is -2.58. The van der Waals surface area contributed by atoms with Gasteiger partial charge in [0.2, 0.25) is 0 Å². The first kappa shape index (κ1) is 17.7. The van der Waals surface area contributed by atoms with Gasteiger partial charge < -0.3 is 10.1 Å². The van der Waals surface area contributed by atoms with Gasteiger partial charge in [0, 0.05) is 34.3 Å². The number of nitrogens with zero attached hydrogens (tertiary/aromatic N) is 1. The van der Waals surface area contributed by atoms with Crippen LogP contribution in [0.15, 0.2) is 24.3 Å². The van der Waals surface area contributed by atoms with E-state index in [1.165, 1.54) is 0 Å². The van der Waals surface area contributed by atoms with Crippen molar-refractivity contribution in [3.8, 4) is 0 Å². The van der Waals surface area contributed by atoms with E-state index in [1.54, 1.807) is 0 Å². The zero-order valence-corrected chi connectivity index (χ0v) is 15.9. The summed E-state index contributed by atoms with van der Waals surface area (Å²) in [5.41, 5.74) is 0.621. The second-order valence-electron chi connectivity index (χ2n) is 6.67. The van der Waals surface area contributed by atoms with Gasteiger partial charge in [-0.25, -0.2) is 0 Å². The third kappa shape index (κ3) is 4.67. The molecule has 1 fully saturated rings. The van der Waals surface area contributed by atoms with Gasteiger partial charge in [0.25, 0.3) is 5.91 Å². The predicted molar refractivity (Wildman–Crippen MR) is 97.2 cm³/mol. The maximum absolute atomic E-state index is 12.3. The molecular formula is C17H25IN2O2. The second kappa shape index (κ2) is 7.27. The van der Waals surface area contributed by atoms with Crippen molar-refractivity contribution < 1.29 is 9.53 Å². The number of halogens is 1. The number of carbonyl (C=O) groups is 1. The number of carbonyl (C=O) groups excluding carboxylic acids is 1. The van der Waals surface area contributed by atoms with E-state index in [4.69, 9.17) is 4.74 Å². The summed E-state index contributed by atoms with van der Waals surface area (Å²) < 4.78 is 6.86. The molecule has 0 aromatic heterocycles. The third-order valence-corrected chi connectivity index (χ3v) is 4.72.